The number of fused-ring (bicyclic) bond motifs is 1. The highest BCUT2D eigenvalue weighted by Gasteiger charge is 2.30. The number of hydrogen-bond acceptors (Lipinski definition) is 4. The molecular weight excluding hydrogens is 366 g/mol. The summed E-state index contributed by atoms with van der Waals surface area (Å²) in [5, 5.41) is 7.18. The Morgan fingerprint density at radius 3 is 2.59 bits per heavy atom. The first kappa shape index (κ1) is 19.4. The average molecular weight is 390 g/mol. The van der Waals surface area contributed by atoms with E-state index in [1.165, 1.54) is 15.8 Å². The zero-order valence-corrected chi connectivity index (χ0v) is 16.8. The number of anilines is 1. The maximum atomic E-state index is 12.8. The number of nitrogens with zero attached hydrogens (tertiary/aromatic N) is 2. The molecule has 0 aliphatic heterocycles. The fourth-order valence-electron chi connectivity index (χ4n) is 3.39. The molecule has 0 unspecified atom stereocenters. The van der Waals surface area contributed by atoms with Crippen LogP contribution in [0.4, 0.5) is 5.69 Å². The Hall–Kier alpha value is -2.34. The third-order valence-electron chi connectivity index (χ3n) is 4.82. The van der Waals surface area contributed by atoms with Gasteiger partial charge in [-0.1, -0.05) is 31.5 Å². The summed E-state index contributed by atoms with van der Waals surface area (Å²) in [4.78, 5) is 25.3. The summed E-state index contributed by atoms with van der Waals surface area (Å²) >= 11 is 6.13. The number of hydrogen-bond donors (Lipinski definition) is 1. The first-order valence-corrected chi connectivity index (χ1v) is 9.48. The number of aromatic nitrogens is 2. The van der Waals surface area contributed by atoms with E-state index in [1.807, 2.05) is 32.0 Å². The van der Waals surface area contributed by atoms with Gasteiger partial charge < -0.3 is 10.1 Å². The van der Waals surface area contributed by atoms with E-state index < -0.39 is 12.1 Å². The molecule has 0 spiro atoms. The Kier molecular flexibility index (Phi) is 5.56. The van der Waals surface area contributed by atoms with Crippen molar-refractivity contribution in [3.8, 4) is 0 Å². The van der Waals surface area contributed by atoms with E-state index in [9.17, 15) is 9.59 Å². The molecule has 0 radical (unpaired) electrons. The SMILES string of the molecule is Cc1nn(C)c(Cl)c1C(=O)O[C@@H](C(=O)Nc1ccc2c(c1)CCC2)C(C)C. The first-order chi connectivity index (χ1) is 12.8. The van der Waals surface area contributed by atoms with Gasteiger partial charge in [0.1, 0.15) is 10.7 Å². The number of benzene rings is 1. The van der Waals surface area contributed by atoms with Crippen LogP contribution in [0.15, 0.2) is 18.2 Å². The van der Waals surface area contributed by atoms with Crippen LogP contribution < -0.4 is 5.32 Å². The van der Waals surface area contributed by atoms with Crippen LogP contribution in [0, 0.1) is 12.8 Å². The summed E-state index contributed by atoms with van der Waals surface area (Å²) < 4.78 is 6.92. The topological polar surface area (TPSA) is 73.2 Å². The Labute approximate surface area is 163 Å². The highest BCUT2D eigenvalue weighted by molar-refractivity contribution is 6.32. The standard InChI is InChI=1S/C20H24ClN3O3/c1-11(2)17(27-20(26)16-12(3)23-24(4)18(16)21)19(25)22-15-9-8-13-6-5-7-14(13)10-15/h8-11,17H,5-7H2,1-4H3,(H,22,25)/t17-/m1/s1. The lowest BCUT2D eigenvalue weighted by atomic mass is 10.1. The smallest absolute Gasteiger partial charge is 0.344 e. The van der Waals surface area contributed by atoms with Crippen LogP contribution in [0.1, 0.15) is 47.4 Å². The lowest BCUT2D eigenvalue weighted by molar-refractivity contribution is -0.126. The van der Waals surface area contributed by atoms with Crippen molar-refractivity contribution in [3.05, 3.63) is 45.7 Å². The van der Waals surface area contributed by atoms with Gasteiger partial charge in [-0.15, -0.1) is 0 Å². The molecule has 2 aromatic rings. The molecule has 0 bridgehead atoms. The van der Waals surface area contributed by atoms with E-state index in [1.54, 1.807) is 14.0 Å². The molecule has 1 atom stereocenters. The van der Waals surface area contributed by atoms with Gasteiger partial charge in [-0.3, -0.25) is 9.48 Å². The Bertz CT molecular complexity index is 889. The van der Waals surface area contributed by atoms with Crippen molar-refractivity contribution in [2.24, 2.45) is 13.0 Å². The van der Waals surface area contributed by atoms with Crippen LogP contribution in [0.25, 0.3) is 0 Å². The van der Waals surface area contributed by atoms with Crippen LogP contribution in [0.2, 0.25) is 5.15 Å². The molecule has 6 nitrogen and oxygen atoms in total. The Balaban J connectivity index is 1.75. The van der Waals surface area contributed by atoms with Crippen molar-refractivity contribution < 1.29 is 14.3 Å². The van der Waals surface area contributed by atoms with Crippen molar-refractivity contribution in [2.75, 3.05) is 5.32 Å². The highest BCUT2D eigenvalue weighted by Crippen LogP contribution is 2.26. The monoisotopic (exact) mass is 389 g/mol. The summed E-state index contributed by atoms with van der Waals surface area (Å²) in [5.74, 6) is -1.19. The highest BCUT2D eigenvalue weighted by atomic mass is 35.5. The fraction of sp³-hybridized carbons (Fsp3) is 0.450. The molecule has 1 aromatic heterocycles. The number of rotatable bonds is 5. The quantitative estimate of drug-likeness (QED) is 0.791. The van der Waals surface area contributed by atoms with E-state index >= 15 is 0 Å². The number of carbonyl (C=O) groups is 2. The van der Waals surface area contributed by atoms with Crippen LogP contribution in [0.3, 0.4) is 0 Å². The maximum absolute atomic E-state index is 12.8. The summed E-state index contributed by atoms with van der Waals surface area (Å²) in [5.41, 5.74) is 3.98. The molecule has 0 saturated carbocycles. The number of nitrogens with one attached hydrogen (secondary N) is 1. The predicted octanol–water partition coefficient (Wildman–Crippen LogP) is 3.69. The van der Waals surface area contributed by atoms with E-state index in [-0.39, 0.29) is 22.5 Å². The zero-order chi connectivity index (χ0) is 19.7. The molecule has 1 N–H and O–H groups in total. The second-order valence-electron chi connectivity index (χ2n) is 7.27. The van der Waals surface area contributed by atoms with Crippen molar-refractivity contribution in [1.29, 1.82) is 0 Å². The van der Waals surface area contributed by atoms with Gasteiger partial charge in [0.2, 0.25) is 0 Å². The van der Waals surface area contributed by atoms with Crippen LogP contribution in [0.5, 0.6) is 0 Å². The van der Waals surface area contributed by atoms with Gasteiger partial charge in [0.25, 0.3) is 5.91 Å². The molecule has 0 fully saturated rings. The first-order valence-electron chi connectivity index (χ1n) is 9.10. The minimum atomic E-state index is -0.929. The lowest BCUT2D eigenvalue weighted by Gasteiger charge is -2.21. The van der Waals surface area contributed by atoms with Crippen molar-refractivity contribution in [3.63, 3.8) is 0 Å². The molecule has 3 rings (SSSR count). The van der Waals surface area contributed by atoms with E-state index in [0.29, 0.717) is 5.69 Å². The zero-order valence-electron chi connectivity index (χ0n) is 16.0. The molecular formula is C20H24ClN3O3. The fourth-order valence-corrected chi connectivity index (χ4v) is 3.64. The Morgan fingerprint density at radius 1 is 1.26 bits per heavy atom. The number of esters is 1. The van der Waals surface area contributed by atoms with Crippen LogP contribution >= 0.6 is 11.6 Å². The maximum Gasteiger partial charge on any atom is 0.344 e. The molecule has 144 valence electrons. The third-order valence-corrected chi connectivity index (χ3v) is 5.25. The van der Waals surface area contributed by atoms with E-state index in [0.717, 1.165) is 24.9 Å². The van der Waals surface area contributed by atoms with Gasteiger partial charge >= 0.3 is 5.97 Å². The van der Waals surface area contributed by atoms with Crippen molar-refractivity contribution in [2.45, 2.75) is 46.1 Å². The van der Waals surface area contributed by atoms with Crippen LogP contribution in [-0.2, 0) is 29.4 Å². The minimum absolute atomic E-state index is 0.190. The third kappa shape index (κ3) is 4.00. The van der Waals surface area contributed by atoms with Crippen LogP contribution in [-0.4, -0.2) is 27.8 Å². The molecule has 1 amide bonds. The second kappa shape index (κ2) is 7.72. The van der Waals surface area contributed by atoms with Crippen molar-refractivity contribution >= 4 is 29.2 Å². The summed E-state index contributed by atoms with van der Waals surface area (Å²) in [7, 11) is 1.65. The molecule has 1 aliphatic carbocycles. The lowest BCUT2D eigenvalue weighted by Crippen LogP contribution is -2.36. The van der Waals surface area contributed by atoms with Gasteiger partial charge in [-0.2, -0.15) is 5.10 Å². The van der Waals surface area contributed by atoms with Gasteiger partial charge in [0, 0.05) is 12.7 Å². The Morgan fingerprint density at radius 2 is 1.96 bits per heavy atom. The van der Waals surface area contributed by atoms with E-state index in [2.05, 4.69) is 10.4 Å². The summed E-state index contributed by atoms with van der Waals surface area (Å²) in [6, 6.07) is 5.94. The van der Waals surface area contributed by atoms with Crippen molar-refractivity contribution in [1.82, 2.24) is 9.78 Å². The average Bonchev–Trinajstić information content (AvgIpc) is 3.16. The van der Waals surface area contributed by atoms with Gasteiger partial charge in [-0.05, 0) is 55.4 Å². The largest absolute Gasteiger partial charge is 0.448 e. The summed E-state index contributed by atoms with van der Waals surface area (Å²) in [6.45, 7) is 5.34. The van der Waals surface area contributed by atoms with Gasteiger partial charge in [-0.25, -0.2) is 4.79 Å². The summed E-state index contributed by atoms with van der Waals surface area (Å²) in [6.07, 6.45) is 2.33. The number of ether oxygens (including phenoxy) is 1. The molecule has 1 heterocycles. The predicted molar refractivity (Wildman–Crippen MR) is 104 cm³/mol. The molecule has 1 aliphatic rings. The second-order valence-corrected chi connectivity index (χ2v) is 7.63. The van der Waals surface area contributed by atoms with Gasteiger partial charge in [0.05, 0.1) is 5.69 Å². The molecule has 1 aromatic carbocycles. The number of amides is 1. The normalized spacial score (nSPS) is 14.1. The van der Waals surface area contributed by atoms with Gasteiger partial charge in [0.15, 0.2) is 6.10 Å². The van der Waals surface area contributed by atoms with E-state index in [4.69, 9.17) is 16.3 Å². The molecule has 27 heavy (non-hydrogen) atoms. The minimum Gasteiger partial charge on any atom is -0.448 e. The molecule has 0 saturated heterocycles. The molecule has 7 heteroatoms. The number of carbonyl (C=O) groups excluding carboxylic acids is 2. The number of halogens is 1. The number of aryl methyl sites for hydroxylation is 4.